The summed E-state index contributed by atoms with van der Waals surface area (Å²) < 4.78 is 6.20. The SMILES string of the molecule is CC(Oc1ccc2[nH]nc(-c3nc4ccc(C5CCNCC5)cc4[nH]3)c2c1)c1c(Cl)cncc1Cl. The Balaban J connectivity index is 1.32. The van der Waals surface area contributed by atoms with Crippen molar-refractivity contribution < 1.29 is 4.74 Å². The molecule has 7 nitrogen and oxygen atoms in total. The molecule has 9 heteroatoms. The van der Waals surface area contributed by atoms with Crippen LogP contribution in [-0.4, -0.2) is 38.2 Å². The number of aromatic amines is 2. The Labute approximate surface area is 212 Å². The monoisotopic (exact) mass is 506 g/mol. The number of nitrogens with zero attached hydrogens (tertiary/aromatic N) is 3. The minimum atomic E-state index is -0.356. The molecule has 3 aromatic heterocycles. The molecule has 5 aromatic rings. The van der Waals surface area contributed by atoms with Gasteiger partial charge in [0.1, 0.15) is 17.5 Å². The van der Waals surface area contributed by atoms with Gasteiger partial charge in [0.25, 0.3) is 0 Å². The van der Waals surface area contributed by atoms with Crippen LogP contribution in [0.4, 0.5) is 0 Å². The lowest BCUT2D eigenvalue weighted by molar-refractivity contribution is 0.227. The number of nitrogens with one attached hydrogen (secondary N) is 3. The summed E-state index contributed by atoms with van der Waals surface area (Å²) in [4.78, 5) is 12.3. The van der Waals surface area contributed by atoms with E-state index in [0.717, 1.165) is 59.4 Å². The van der Waals surface area contributed by atoms with Crippen molar-refractivity contribution in [1.82, 2.24) is 30.5 Å². The first-order valence-corrected chi connectivity index (χ1v) is 12.5. The molecule has 1 fully saturated rings. The normalized spacial score (nSPS) is 15.6. The van der Waals surface area contributed by atoms with Crippen LogP contribution in [0.2, 0.25) is 10.0 Å². The van der Waals surface area contributed by atoms with Crippen molar-refractivity contribution in [3.8, 4) is 17.3 Å². The zero-order valence-corrected chi connectivity index (χ0v) is 20.6. The van der Waals surface area contributed by atoms with Gasteiger partial charge in [-0.1, -0.05) is 29.3 Å². The lowest BCUT2D eigenvalue weighted by atomic mass is 9.90. The average molecular weight is 507 g/mol. The molecule has 6 rings (SSSR count). The van der Waals surface area contributed by atoms with E-state index in [1.54, 1.807) is 12.4 Å². The molecule has 1 saturated heterocycles. The molecule has 0 aliphatic carbocycles. The molecule has 1 aliphatic heterocycles. The first kappa shape index (κ1) is 22.3. The number of pyridine rings is 1. The number of halogens is 2. The Bertz CT molecular complexity index is 1500. The number of H-pyrrole nitrogens is 2. The van der Waals surface area contributed by atoms with Crippen LogP contribution in [0, 0.1) is 0 Å². The van der Waals surface area contributed by atoms with Crippen LogP contribution in [0.5, 0.6) is 5.75 Å². The van der Waals surface area contributed by atoms with Gasteiger partial charge in [0.05, 0.1) is 26.6 Å². The summed E-state index contributed by atoms with van der Waals surface area (Å²) in [5, 5.41) is 12.9. The number of hydrogen-bond acceptors (Lipinski definition) is 5. The van der Waals surface area contributed by atoms with Crippen LogP contribution in [0.15, 0.2) is 48.8 Å². The lowest BCUT2D eigenvalue weighted by Gasteiger charge is -2.22. The average Bonchev–Trinajstić information content (AvgIpc) is 3.47. The van der Waals surface area contributed by atoms with Crippen molar-refractivity contribution in [2.24, 2.45) is 0 Å². The summed E-state index contributed by atoms with van der Waals surface area (Å²) in [6.07, 6.45) is 5.10. The van der Waals surface area contributed by atoms with Crippen molar-refractivity contribution in [2.45, 2.75) is 31.8 Å². The molecule has 0 spiro atoms. The zero-order valence-electron chi connectivity index (χ0n) is 19.1. The highest BCUT2D eigenvalue weighted by Gasteiger charge is 2.19. The highest BCUT2D eigenvalue weighted by atomic mass is 35.5. The van der Waals surface area contributed by atoms with Gasteiger partial charge in [-0.25, -0.2) is 4.98 Å². The summed E-state index contributed by atoms with van der Waals surface area (Å²) in [5.74, 6) is 1.99. The third-order valence-corrected chi connectivity index (χ3v) is 7.29. The Kier molecular flexibility index (Phi) is 5.84. The van der Waals surface area contributed by atoms with Crippen LogP contribution in [-0.2, 0) is 0 Å². The van der Waals surface area contributed by atoms with Gasteiger partial charge in [0.15, 0.2) is 5.82 Å². The van der Waals surface area contributed by atoms with Gasteiger partial charge < -0.3 is 15.0 Å². The quantitative estimate of drug-likeness (QED) is 0.256. The maximum atomic E-state index is 6.32. The van der Waals surface area contributed by atoms with E-state index in [2.05, 4.69) is 43.7 Å². The minimum Gasteiger partial charge on any atom is -0.486 e. The smallest absolute Gasteiger partial charge is 0.159 e. The van der Waals surface area contributed by atoms with Gasteiger partial charge in [0, 0.05) is 23.3 Å². The highest BCUT2D eigenvalue weighted by Crippen LogP contribution is 2.35. The molecule has 1 atom stereocenters. The Hall–Kier alpha value is -3.13. The number of aromatic nitrogens is 5. The first-order chi connectivity index (χ1) is 17.1. The third kappa shape index (κ3) is 4.24. The number of hydrogen-bond donors (Lipinski definition) is 3. The first-order valence-electron chi connectivity index (χ1n) is 11.7. The minimum absolute atomic E-state index is 0.356. The molecule has 0 saturated carbocycles. The summed E-state index contributed by atoms with van der Waals surface area (Å²) in [5.41, 5.74) is 5.66. The number of rotatable bonds is 5. The number of fused-ring (bicyclic) bond motifs is 2. The molecule has 35 heavy (non-hydrogen) atoms. The van der Waals surface area contributed by atoms with E-state index in [9.17, 15) is 0 Å². The number of benzene rings is 2. The second-order valence-corrected chi connectivity index (χ2v) is 9.76. The summed E-state index contributed by atoms with van der Waals surface area (Å²) in [6.45, 7) is 4.05. The standard InChI is InChI=1S/C26H24Cl2N6O/c1-14(24-19(27)12-30-13-20(24)28)35-17-3-5-21-18(11-17)25(34-33-21)26-31-22-4-2-16(10-23(22)32-26)15-6-8-29-9-7-15/h2-5,10-15,29H,6-9H2,1H3,(H,31,32)(H,33,34). The van der Waals surface area contributed by atoms with Crippen LogP contribution in [0.3, 0.4) is 0 Å². The zero-order chi connectivity index (χ0) is 23.9. The van der Waals surface area contributed by atoms with Gasteiger partial charge >= 0.3 is 0 Å². The molecule has 1 unspecified atom stereocenters. The maximum absolute atomic E-state index is 6.32. The molecular weight excluding hydrogens is 483 g/mol. The topological polar surface area (TPSA) is 91.5 Å². The Morgan fingerprint density at radius 1 is 1.00 bits per heavy atom. The van der Waals surface area contributed by atoms with Crippen molar-refractivity contribution in [3.63, 3.8) is 0 Å². The molecular formula is C26H24Cl2N6O. The van der Waals surface area contributed by atoms with Crippen LogP contribution in [0.25, 0.3) is 33.5 Å². The number of imidazole rings is 1. The van der Waals surface area contributed by atoms with Crippen molar-refractivity contribution in [1.29, 1.82) is 0 Å². The summed E-state index contributed by atoms with van der Waals surface area (Å²) in [7, 11) is 0. The largest absolute Gasteiger partial charge is 0.486 e. The van der Waals surface area contributed by atoms with Gasteiger partial charge in [-0.15, -0.1) is 0 Å². The fraction of sp³-hybridized carbons (Fsp3) is 0.269. The van der Waals surface area contributed by atoms with Crippen molar-refractivity contribution in [3.05, 3.63) is 70.0 Å². The molecule has 1 aliphatic rings. The molecule has 0 amide bonds. The highest BCUT2D eigenvalue weighted by molar-refractivity contribution is 6.35. The number of piperidine rings is 1. The van der Waals surface area contributed by atoms with Crippen LogP contribution >= 0.6 is 23.2 Å². The van der Waals surface area contributed by atoms with Gasteiger partial charge in [-0.05, 0) is 74.7 Å². The predicted octanol–water partition coefficient (Wildman–Crippen LogP) is 6.42. The van der Waals surface area contributed by atoms with Crippen LogP contribution in [0.1, 0.15) is 42.9 Å². The third-order valence-electron chi connectivity index (χ3n) is 6.68. The second-order valence-electron chi connectivity index (χ2n) is 8.94. The van der Waals surface area contributed by atoms with E-state index in [0.29, 0.717) is 27.3 Å². The Morgan fingerprint density at radius 2 is 1.80 bits per heavy atom. The van der Waals surface area contributed by atoms with E-state index < -0.39 is 0 Å². The molecule has 4 heterocycles. The maximum Gasteiger partial charge on any atom is 0.159 e. The van der Waals surface area contributed by atoms with E-state index in [-0.39, 0.29) is 6.10 Å². The number of ether oxygens (including phenoxy) is 1. The molecule has 3 N–H and O–H groups in total. The van der Waals surface area contributed by atoms with Crippen LogP contribution < -0.4 is 10.1 Å². The summed E-state index contributed by atoms with van der Waals surface area (Å²) >= 11 is 12.6. The fourth-order valence-corrected chi connectivity index (χ4v) is 5.54. The predicted molar refractivity (Wildman–Crippen MR) is 139 cm³/mol. The molecule has 0 bridgehead atoms. The fourth-order valence-electron chi connectivity index (χ4n) is 4.87. The van der Waals surface area contributed by atoms with Gasteiger partial charge in [-0.2, -0.15) is 5.10 Å². The second kappa shape index (κ2) is 9.15. The molecule has 2 aromatic carbocycles. The van der Waals surface area contributed by atoms with E-state index >= 15 is 0 Å². The van der Waals surface area contributed by atoms with E-state index in [1.165, 1.54) is 5.56 Å². The molecule has 0 radical (unpaired) electrons. The summed E-state index contributed by atoms with van der Waals surface area (Å²) in [6, 6.07) is 12.3. The lowest BCUT2D eigenvalue weighted by Crippen LogP contribution is -2.26. The van der Waals surface area contributed by atoms with Gasteiger partial charge in [0.2, 0.25) is 0 Å². The van der Waals surface area contributed by atoms with Crippen molar-refractivity contribution in [2.75, 3.05) is 13.1 Å². The van der Waals surface area contributed by atoms with E-state index in [4.69, 9.17) is 32.9 Å². The van der Waals surface area contributed by atoms with Crippen molar-refractivity contribution >= 4 is 45.1 Å². The van der Waals surface area contributed by atoms with Gasteiger partial charge in [-0.3, -0.25) is 10.1 Å². The molecule has 178 valence electrons. The Morgan fingerprint density at radius 3 is 2.60 bits per heavy atom. The van der Waals surface area contributed by atoms with E-state index in [1.807, 2.05) is 25.1 Å².